The maximum absolute atomic E-state index is 10.6. The maximum atomic E-state index is 10.6. The predicted octanol–water partition coefficient (Wildman–Crippen LogP) is 0.629. The molecule has 4 nitrogen and oxygen atoms in total. The number of aliphatic carboxylic acids is 1. The molecule has 0 aromatic carbocycles. The van der Waals surface area contributed by atoms with Crippen molar-refractivity contribution in [3.63, 3.8) is 0 Å². The molecule has 0 amide bonds. The van der Waals surface area contributed by atoms with Gasteiger partial charge in [0.05, 0.1) is 0 Å². The van der Waals surface area contributed by atoms with Gasteiger partial charge in [0.2, 0.25) is 0 Å². The monoisotopic (exact) mass is 171 g/mol. The van der Waals surface area contributed by atoms with Crippen LogP contribution in [0.2, 0.25) is 0 Å². The minimum atomic E-state index is -0.842. The Balaban J connectivity index is 2.07. The Labute approximate surface area is 71.1 Å². The van der Waals surface area contributed by atoms with Gasteiger partial charge in [-0.15, -0.1) is 0 Å². The number of rotatable bonds is 1. The van der Waals surface area contributed by atoms with Gasteiger partial charge >= 0.3 is 5.97 Å². The predicted molar refractivity (Wildman–Crippen MR) is 41.5 cm³/mol. The van der Waals surface area contributed by atoms with Gasteiger partial charge in [-0.2, -0.15) is 5.06 Å². The summed E-state index contributed by atoms with van der Waals surface area (Å²) in [5.74, 6) is -0.842. The Kier molecular flexibility index (Phi) is 1.63. The fourth-order valence-corrected chi connectivity index (χ4v) is 2.05. The SMILES string of the molecule is CN1O[C@H](C(=O)O)CC12CCC2. The van der Waals surface area contributed by atoms with Crippen LogP contribution in [0, 0.1) is 0 Å². The second-order valence-corrected chi connectivity index (χ2v) is 3.71. The first-order valence-corrected chi connectivity index (χ1v) is 4.27. The van der Waals surface area contributed by atoms with E-state index in [-0.39, 0.29) is 5.54 Å². The lowest BCUT2D eigenvalue weighted by atomic mass is 9.74. The highest BCUT2D eigenvalue weighted by Gasteiger charge is 2.51. The molecule has 2 fully saturated rings. The second-order valence-electron chi connectivity index (χ2n) is 3.71. The number of carboxylic acids is 1. The van der Waals surface area contributed by atoms with Gasteiger partial charge in [0, 0.05) is 19.0 Å². The maximum Gasteiger partial charge on any atom is 0.335 e. The first-order valence-electron chi connectivity index (χ1n) is 4.27. The summed E-state index contributed by atoms with van der Waals surface area (Å²) in [5, 5.41) is 10.5. The number of carbonyl (C=O) groups is 1. The van der Waals surface area contributed by atoms with Crippen molar-refractivity contribution >= 4 is 5.97 Å². The number of carboxylic acid groups (broad SMARTS) is 1. The van der Waals surface area contributed by atoms with E-state index >= 15 is 0 Å². The molecule has 12 heavy (non-hydrogen) atoms. The van der Waals surface area contributed by atoms with E-state index in [1.54, 1.807) is 5.06 Å². The summed E-state index contributed by atoms with van der Waals surface area (Å²) < 4.78 is 0. The van der Waals surface area contributed by atoms with Crippen LogP contribution >= 0.6 is 0 Å². The van der Waals surface area contributed by atoms with Gasteiger partial charge in [0.15, 0.2) is 6.10 Å². The van der Waals surface area contributed by atoms with Crippen LogP contribution in [0.4, 0.5) is 0 Å². The van der Waals surface area contributed by atoms with E-state index < -0.39 is 12.1 Å². The summed E-state index contributed by atoms with van der Waals surface area (Å²) in [4.78, 5) is 15.8. The lowest BCUT2D eigenvalue weighted by Crippen LogP contribution is -2.46. The van der Waals surface area contributed by atoms with E-state index in [1.807, 2.05) is 7.05 Å². The molecule has 1 saturated heterocycles. The molecule has 1 saturated carbocycles. The molecular formula is C8H13NO3. The molecule has 0 unspecified atom stereocenters. The minimum absolute atomic E-state index is 0.0586. The number of hydrogen-bond acceptors (Lipinski definition) is 3. The van der Waals surface area contributed by atoms with Crippen molar-refractivity contribution in [3.05, 3.63) is 0 Å². The van der Waals surface area contributed by atoms with E-state index in [0.29, 0.717) is 6.42 Å². The third-order valence-electron chi connectivity index (χ3n) is 3.08. The average Bonchev–Trinajstić information content (AvgIpc) is 2.25. The topological polar surface area (TPSA) is 49.8 Å². The van der Waals surface area contributed by atoms with Gasteiger partial charge in [-0.3, -0.25) is 4.84 Å². The highest BCUT2D eigenvalue weighted by atomic mass is 16.7. The van der Waals surface area contributed by atoms with Crippen LogP contribution in [0.3, 0.4) is 0 Å². The molecule has 1 aliphatic heterocycles. The summed E-state index contributed by atoms with van der Waals surface area (Å²) in [6, 6.07) is 0. The molecule has 68 valence electrons. The van der Waals surface area contributed by atoms with E-state index in [9.17, 15) is 4.79 Å². The van der Waals surface area contributed by atoms with Gasteiger partial charge in [-0.1, -0.05) is 0 Å². The van der Waals surface area contributed by atoms with Crippen molar-refractivity contribution in [2.24, 2.45) is 0 Å². The second kappa shape index (κ2) is 2.44. The zero-order chi connectivity index (χ0) is 8.77. The Morgan fingerprint density at radius 1 is 1.67 bits per heavy atom. The highest BCUT2D eigenvalue weighted by Crippen LogP contribution is 2.45. The van der Waals surface area contributed by atoms with Crippen molar-refractivity contribution in [2.75, 3.05) is 7.05 Å². The van der Waals surface area contributed by atoms with Crippen molar-refractivity contribution in [2.45, 2.75) is 37.3 Å². The number of hydroxylamine groups is 2. The molecule has 4 heteroatoms. The average molecular weight is 171 g/mol. The van der Waals surface area contributed by atoms with Crippen LogP contribution in [0.1, 0.15) is 25.7 Å². The van der Waals surface area contributed by atoms with Crippen molar-refractivity contribution < 1.29 is 14.7 Å². The largest absolute Gasteiger partial charge is 0.479 e. The Morgan fingerprint density at radius 3 is 2.58 bits per heavy atom. The molecule has 1 spiro atoms. The van der Waals surface area contributed by atoms with Gasteiger partial charge in [0.1, 0.15) is 0 Å². The zero-order valence-corrected chi connectivity index (χ0v) is 7.12. The Morgan fingerprint density at radius 2 is 2.33 bits per heavy atom. The normalized spacial score (nSPS) is 33.6. The molecule has 2 aliphatic rings. The molecular weight excluding hydrogens is 158 g/mol. The third kappa shape index (κ3) is 0.949. The fraction of sp³-hybridized carbons (Fsp3) is 0.875. The highest BCUT2D eigenvalue weighted by molar-refractivity contribution is 5.72. The van der Waals surface area contributed by atoms with Gasteiger partial charge in [0.25, 0.3) is 0 Å². The molecule has 1 atom stereocenters. The first-order chi connectivity index (χ1) is 5.64. The quantitative estimate of drug-likeness (QED) is 0.628. The Hall–Kier alpha value is -0.610. The molecule has 1 N–H and O–H groups in total. The van der Waals surface area contributed by atoms with Gasteiger partial charge in [-0.25, -0.2) is 4.79 Å². The molecule has 1 heterocycles. The molecule has 1 aliphatic carbocycles. The summed E-state index contributed by atoms with van der Waals surface area (Å²) in [6.45, 7) is 0. The first kappa shape index (κ1) is 8.01. The molecule has 0 aromatic rings. The van der Waals surface area contributed by atoms with Crippen LogP contribution in [0.5, 0.6) is 0 Å². The molecule has 0 bridgehead atoms. The summed E-state index contributed by atoms with van der Waals surface area (Å²) in [5.41, 5.74) is 0.0586. The van der Waals surface area contributed by atoms with E-state index in [4.69, 9.17) is 9.94 Å². The van der Waals surface area contributed by atoms with Crippen molar-refractivity contribution in [3.8, 4) is 0 Å². The van der Waals surface area contributed by atoms with Gasteiger partial charge < -0.3 is 5.11 Å². The zero-order valence-electron chi connectivity index (χ0n) is 7.12. The van der Waals surface area contributed by atoms with Crippen LogP contribution in [-0.2, 0) is 9.63 Å². The molecule has 0 radical (unpaired) electrons. The summed E-state index contributed by atoms with van der Waals surface area (Å²) in [7, 11) is 1.84. The Bertz CT molecular complexity index is 212. The van der Waals surface area contributed by atoms with Crippen LogP contribution < -0.4 is 0 Å². The molecule has 0 aromatic heterocycles. The van der Waals surface area contributed by atoms with Crippen molar-refractivity contribution in [1.29, 1.82) is 0 Å². The lowest BCUT2D eigenvalue weighted by molar-refractivity contribution is -0.196. The van der Waals surface area contributed by atoms with E-state index in [2.05, 4.69) is 0 Å². The number of nitrogens with zero attached hydrogens (tertiary/aromatic N) is 1. The van der Waals surface area contributed by atoms with Crippen LogP contribution in [0.25, 0.3) is 0 Å². The summed E-state index contributed by atoms with van der Waals surface area (Å²) >= 11 is 0. The van der Waals surface area contributed by atoms with Crippen molar-refractivity contribution in [1.82, 2.24) is 5.06 Å². The minimum Gasteiger partial charge on any atom is -0.479 e. The standard InChI is InChI=1S/C8H13NO3/c1-9-8(3-2-4-8)5-6(12-9)7(10)11/h6H,2-5H2,1H3,(H,10,11)/t6-/m0/s1. The smallest absolute Gasteiger partial charge is 0.335 e. The lowest BCUT2D eigenvalue weighted by Gasteiger charge is -2.41. The van der Waals surface area contributed by atoms with Crippen LogP contribution in [0.15, 0.2) is 0 Å². The van der Waals surface area contributed by atoms with Gasteiger partial charge in [-0.05, 0) is 19.3 Å². The van der Waals surface area contributed by atoms with E-state index in [0.717, 1.165) is 12.8 Å². The fourth-order valence-electron chi connectivity index (χ4n) is 2.05. The third-order valence-corrected chi connectivity index (χ3v) is 3.08. The summed E-state index contributed by atoms with van der Waals surface area (Å²) in [6.07, 6.45) is 3.38. The number of hydrogen-bond donors (Lipinski definition) is 1. The van der Waals surface area contributed by atoms with E-state index in [1.165, 1.54) is 6.42 Å². The molecule has 2 rings (SSSR count). The van der Waals surface area contributed by atoms with Crippen LogP contribution in [-0.4, -0.2) is 34.8 Å².